The SMILES string of the molecule is N#CC1(Sc2cccc(F)c2)CC2(CCCC2)C1. The van der Waals surface area contributed by atoms with E-state index < -0.39 is 0 Å². The van der Waals surface area contributed by atoms with Crippen LogP contribution in [0.4, 0.5) is 4.39 Å². The normalized spacial score (nSPS) is 23.6. The van der Waals surface area contributed by atoms with Crippen molar-refractivity contribution < 1.29 is 4.39 Å². The number of nitrogens with zero attached hydrogens (tertiary/aromatic N) is 1. The van der Waals surface area contributed by atoms with Gasteiger partial charge in [0.15, 0.2) is 0 Å². The summed E-state index contributed by atoms with van der Waals surface area (Å²) in [7, 11) is 0. The van der Waals surface area contributed by atoms with E-state index in [1.807, 2.05) is 6.07 Å². The van der Waals surface area contributed by atoms with Gasteiger partial charge in [-0.05, 0) is 49.3 Å². The first-order valence-corrected chi connectivity index (χ1v) is 7.33. The number of thioether (sulfide) groups is 1. The number of halogens is 1. The molecule has 0 N–H and O–H groups in total. The monoisotopic (exact) mass is 261 g/mol. The second-order valence-electron chi connectivity index (χ2n) is 5.73. The summed E-state index contributed by atoms with van der Waals surface area (Å²) in [5, 5.41) is 9.45. The number of rotatable bonds is 2. The molecule has 1 aromatic rings. The average molecular weight is 261 g/mol. The van der Waals surface area contributed by atoms with Crippen LogP contribution in [0.5, 0.6) is 0 Å². The number of hydrogen-bond acceptors (Lipinski definition) is 2. The summed E-state index contributed by atoms with van der Waals surface area (Å²) in [5.41, 5.74) is 0.441. The Bertz CT molecular complexity index is 491. The predicted molar refractivity (Wildman–Crippen MR) is 70.7 cm³/mol. The molecule has 18 heavy (non-hydrogen) atoms. The van der Waals surface area contributed by atoms with E-state index in [9.17, 15) is 9.65 Å². The molecular weight excluding hydrogens is 245 g/mol. The summed E-state index contributed by atoms with van der Waals surface area (Å²) in [6, 6.07) is 9.06. The quantitative estimate of drug-likeness (QED) is 0.780. The van der Waals surface area contributed by atoms with Gasteiger partial charge in [0.05, 0.1) is 6.07 Å². The van der Waals surface area contributed by atoms with Crippen molar-refractivity contribution in [3.05, 3.63) is 30.1 Å². The van der Waals surface area contributed by atoms with Crippen LogP contribution < -0.4 is 0 Å². The highest BCUT2D eigenvalue weighted by Crippen LogP contribution is 2.63. The van der Waals surface area contributed by atoms with Crippen molar-refractivity contribution in [1.82, 2.24) is 0 Å². The summed E-state index contributed by atoms with van der Waals surface area (Å²) < 4.78 is 12.9. The van der Waals surface area contributed by atoms with E-state index in [1.54, 1.807) is 17.8 Å². The fraction of sp³-hybridized carbons (Fsp3) is 0.533. The predicted octanol–water partition coefficient (Wildman–Crippen LogP) is 4.53. The smallest absolute Gasteiger partial charge is 0.124 e. The molecule has 3 heteroatoms. The van der Waals surface area contributed by atoms with Gasteiger partial charge in [-0.15, -0.1) is 11.8 Å². The molecule has 0 aromatic heterocycles. The molecule has 0 unspecified atom stereocenters. The van der Waals surface area contributed by atoms with Gasteiger partial charge >= 0.3 is 0 Å². The van der Waals surface area contributed by atoms with E-state index in [1.165, 1.54) is 37.8 Å². The molecule has 0 aliphatic heterocycles. The summed E-state index contributed by atoms with van der Waals surface area (Å²) in [4.78, 5) is 0.879. The third-order valence-electron chi connectivity index (χ3n) is 4.30. The van der Waals surface area contributed by atoms with Crippen LogP contribution in [0.2, 0.25) is 0 Å². The van der Waals surface area contributed by atoms with E-state index >= 15 is 0 Å². The third kappa shape index (κ3) is 2.03. The van der Waals surface area contributed by atoms with E-state index in [2.05, 4.69) is 6.07 Å². The Balaban J connectivity index is 1.73. The van der Waals surface area contributed by atoms with Gasteiger partial charge in [-0.3, -0.25) is 0 Å². The standard InChI is InChI=1S/C15H16FNS/c16-12-4-3-5-13(8-12)18-15(11-17)9-14(10-15)6-1-2-7-14/h3-5,8H,1-2,6-7,9-10H2. The molecule has 3 rings (SSSR count). The van der Waals surface area contributed by atoms with Gasteiger partial charge in [0, 0.05) is 4.90 Å². The Morgan fingerprint density at radius 3 is 2.56 bits per heavy atom. The zero-order valence-corrected chi connectivity index (χ0v) is 11.1. The van der Waals surface area contributed by atoms with E-state index in [-0.39, 0.29) is 10.6 Å². The van der Waals surface area contributed by atoms with Crippen molar-refractivity contribution in [1.29, 1.82) is 5.26 Å². The van der Waals surface area contributed by atoms with Crippen LogP contribution in [-0.4, -0.2) is 4.75 Å². The van der Waals surface area contributed by atoms with Gasteiger partial charge in [0.2, 0.25) is 0 Å². The second-order valence-corrected chi connectivity index (χ2v) is 7.18. The molecule has 0 radical (unpaired) electrons. The van der Waals surface area contributed by atoms with Crippen LogP contribution >= 0.6 is 11.8 Å². The summed E-state index contributed by atoms with van der Waals surface area (Å²) in [6.07, 6.45) is 7.15. The zero-order valence-electron chi connectivity index (χ0n) is 10.3. The van der Waals surface area contributed by atoms with Gasteiger partial charge in [0.1, 0.15) is 10.6 Å². The highest BCUT2D eigenvalue weighted by molar-refractivity contribution is 8.01. The number of benzene rings is 1. The first-order valence-electron chi connectivity index (χ1n) is 6.51. The maximum Gasteiger partial charge on any atom is 0.124 e. The summed E-state index contributed by atoms with van der Waals surface area (Å²) in [5.74, 6) is -0.219. The molecule has 2 saturated carbocycles. The fourth-order valence-corrected chi connectivity index (χ4v) is 5.14. The van der Waals surface area contributed by atoms with Gasteiger partial charge in [0.25, 0.3) is 0 Å². The maximum absolute atomic E-state index is 13.2. The molecule has 0 amide bonds. The molecule has 2 aliphatic rings. The molecule has 0 atom stereocenters. The molecule has 2 aliphatic carbocycles. The molecule has 1 spiro atoms. The van der Waals surface area contributed by atoms with Gasteiger partial charge in [-0.2, -0.15) is 5.26 Å². The fourth-order valence-electron chi connectivity index (χ4n) is 3.57. The molecule has 0 bridgehead atoms. The highest BCUT2D eigenvalue weighted by atomic mass is 32.2. The molecule has 1 aromatic carbocycles. The highest BCUT2D eigenvalue weighted by Gasteiger charge is 2.56. The molecule has 1 nitrogen and oxygen atoms in total. The summed E-state index contributed by atoms with van der Waals surface area (Å²) in [6.45, 7) is 0. The van der Waals surface area contributed by atoms with Crippen LogP contribution in [0.1, 0.15) is 38.5 Å². The molecule has 0 saturated heterocycles. The lowest BCUT2D eigenvalue weighted by atomic mass is 9.61. The topological polar surface area (TPSA) is 23.8 Å². The maximum atomic E-state index is 13.2. The summed E-state index contributed by atoms with van der Waals surface area (Å²) >= 11 is 1.55. The van der Waals surface area contributed by atoms with Crippen molar-refractivity contribution in [2.75, 3.05) is 0 Å². The second kappa shape index (κ2) is 4.28. The van der Waals surface area contributed by atoms with Crippen molar-refractivity contribution in [3.63, 3.8) is 0 Å². The van der Waals surface area contributed by atoms with Gasteiger partial charge in [-0.25, -0.2) is 4.39 Å². The van der Waals surface area contributed by atoms with Crippen LogP contribution in [0.25, 0.3) is 0 Å². The average Bonchev–Trinajstić information content (AvgIpc) is 2.77. The van der Waals surface area contributed by atoms with Crippen molar-refractivity contribution >= 4 is 11.8 Å². The molecular formula is C15H16FNS. The number of hydrogen-bond donors (Lipinski definition) is 0. The minimum atomic E-state index is -0.307. The lowest BCUT2D eigenvalue weighted by molar-refractivity contribution is 0.119. The lowest BCUT2D eigenvalue weighted by Crippen LogP contribution is -2.47. The zero-order chi connectivity index (χ0) is 12.6. The van der Waals surface area contributed by atoms with Gasteiger partial charge < -0.3 is 0 Å². The van der Waals surface area contributed by atoms with Crippen LogP contribution in [0, 0.1) is 22.6 Å². The minimum Gasteiger partial charge on any atom is -0.207 e. The van der Waals surface area contributed by atoms with Crippen molar-refractivity contribution in [3.8, 4) is 6.07 Å². The van der Waals surface area contributed by atoms with E-state index in [0.717, 1.165) is 17.7 Å². The lowest BCUT2D eigenvalue weighted by Gasteiger charge is -2.50. The van der Waals surface area contributed by atoms with E-state index in [4.69, 9.17) is 0 Å². The largest absolute Gasteiger partial charge is 0.207 e. The Kier molecular flexibility index (Phi) is 2.86. The van der Waals surface area contributed by atoms with E-state index in [0.29, 0.717) is 5.41 Å². The Morgan fingerprint density at radius 2 is 1.94 bits per heavy atom. The first kappa shape index (κ1) is 12.0. The minimum absolute atomic E-state index is 0.219. The van der Waals surface area contributed by atoms with Crippen molar-refractivity contribution in [2.24, 2.45) is 5.41 Å². The Morgan fingerprint density at radius 1 is 1.22 bits per heavy atom. The van der Waals surface area contributed by atoms with Crippen LogP contribution in [-0.2, 0) is 0 Å². The third-order valence-corrected chi connectivity index (χ3v) is 5.56. The molecule has 94 valence electrons. The Labute approximate surface area is 111 Å². The molecule has 0 heterocycles. The van der Waals surface area contributed by atoms with Crippen LogP contribution in [0.15, 0.2) is 29.2 Å². The van der Waals surface area contributed by atoms with Gasteiger partial charge in [-0.1, -0.05) is 18.9 Å². The number of nitriles is 1. The Hall–Kier alpha value is -1.01. The first-order chi connectivity index (χ1) is 8.65. The van der Waals surface area contributed by atoms with Crippen molar-refractivity contribution in [2.45, 2.75) is 48.2 Å². The van der Waals surface area contributed by atoms with Crippen LogP contribution in [0.3, 0.4) is 0 Å². The molecule has 2 fully saturated rings.